The van der Waals surface area contributed by atoms with Gasteiger partial charge in [-0.1, -0.05) is 6.92 Å². The predicted octanol–water partition coefficient (Wildman–Crippen LogP) is 0.366. The molecule has 0 aromatic heterocycles. The molecule has 0 aromatic rings. The molecule has 1 amide bonds. The minimum atomic E-state index is -0.790. The number of methoxy groups -OCH3 is 1. The van der Waals surface area contributed by atoms with Crippen molar-refractivity contribution in [1.29, 1.82) is 0 Å². The van der Waals surface area contributed by atoms with Gasteiger partial charge in [-0.25, -0.2) is 0 Å². The molecule has 1 fully saturated rings. The SMILES string of the molecule is CCC(=O)N(C)[C@H]1C[C@@H](C)O[C@@H](OC)[C@@H]1O. The fraction of sp³-hybridized carbons (Fsp3) is 0.909. The van der Waals surface area contributed by atoms with Gasteiger partial charge in [-0.2, -0.15) is 0 Å². The summed E-state index contributed by atoms with van der Waals surface area (Å²) in [5.41, 5.74) is 0. The molecule has 1 rings (SSSR count). The minimum Gasteiger partial charge on any atom is -0.386 e. The van der Waals surface area contributed by atoms with Crippen molar-refractivity contribution in [3.63, 3.8) is 0 Å². The molecular formula is C11H21NO4. The van der Waals surface area contributed by atoms with E-state index in [1.807, 2.05) is 13.8 Å². The van der Waals surface area contributed by atoms with E-state index >= 15 is 0 Å². The number of hydrogen-bond acceptors (Lipinski definition) is 4. The first-order valence-electron chi connectivity index (χ1n) is 5.63. The number of carbonyl (C=O) groups excluding carboxylic acids is 1. The summed E-state index contributed by atoms with van der Waals surface area (Å²) in [6, 6.07) is -0.235. The third kappa shape index (κ3) is 2.72. The fourth-order valence-electron chi connectivity index (χ4n) is 2.04. The van der Waals surface area contributed by atoms with Gasteiger partial charge in [0.05, 0.1) is 12.1 Å². The molecule has 0 unspecified atom stereocenters. The summed E-state index contributed by atoms with van der Waals surface area (Å²) in [4.78, 5) is 13.2. The van der Waals surface area contributed by atoms with Crippen molar-refractivity contribution >= 4 is 5.91 Å². The van der Waals surface area contributed by atoms with E-state index < -0.39 is 12.4 Å². The molecule has 1 heterocycles. The summed E-state index contributed by atoms with van der Waals surface area (Å²) in [5.74, 6) is 0.0213. The van der Waals surface area contributed by atoms with Gasteiger partial charge in [0.15, 0.2) is 6.29 Å². The normalized spacial score (nSPS) is 34.8. The molecule has 0 aromatic carbocycles. The summed E-state index contributed by atoms with van der Waals surface area (Å²) >= 11 is 0. The maximum absolute atomic E-state index is 11.6. The molecule has 1 aliphatic heterocycles. The molecule has 1 aliphatic rings. The Balaban J connectivity index is 2.73. The Hall–Kier alpha value is -0.650. The Morgan fingerprint density at radius 3 is 2.75 bits per heavy atom. The molecule has 1 saturated heterocycles. The summed E-state index contributed by atoms with van der Waals surface area (Å²) in [6.07, 6.45) is -0.399. The van der Waals surface area contributed by atoms with Crippen molar-refractivity contribution in [2.45, 2.75) is 51.2 Å². The summed E-state index contributed by atoms with van der Waals surface area (Å²) in [7, 11) is 3.20. The zero-order chi connectivity index (χ0) is 12.3. The number of rotatable bonds is 3. The first kappa shape index (κ1) is 13.4. The van der Waals surface area contributed by atoms with Crippen LogP contribution in [0.4, 0.5) is 0 Å². The lowest BCUT2D eigenvalue weighted by molar-refractivity contribution is -0.242. The van der Waals surface area contributed by atoms with Crippen molar-refractivity contribution in [2.24, 2.45) is 0 Å². The molecule has 5 nitrogen and oxygen atoms in total. The van der Waals surface area contributed by atoms with Crippen molar-refractivity contribution in [2.75, 3.05) is 14.2 Å². The number of likely N-dealkylation sites (N-methyl/N-ethyl adjacent to an activating group) is 1. The Morgan fingerprint density at radius 1 is 1.62 bits per heavy atom. The Labute approximate surface area is 96.3 Å². The maximum Gasteiger partial charge on any atom is 0.222 e. The van der Waals surface area contributed by atoms with Crippen LogP contribution in [-0.4, -0.2) is 54.6 Å². The number of amides is 1. The highest BCUT2D eigenvalue weighted by Crippen LogP contribution is 2.24. The smallest absolute Gasteiger partial charge is 0.222 e. The monoisotopic (exact) mass is 231 g/mol. The average molecular weight is 231 g/mol. The second-order valence-corrected chi connectivity index (χ2v) is 4.20. The van der Waals surface area contributed by atoms with E-state index in [0.29, 0.717) is 12.8 Å². The van der Waals surface area contributed by atoms with E-state index in [-0.39, 0.29) is 18.1 Å². The molecule has 1 N–H and O–H groups in total. The maximum atomic E-state index is 11.6. The molecular weight excluding hydrogens is 210 g/mol. The number of ether oxygens (including phenoxy) is 2. The zero-order valence-corrected chi connectivity index (χ0v) is 10.3. The van der Waals surface area contributed by atoms with E-state index in [1.54, 1.807) is 11.9 Å². The Morgan fingerprint density at radius 2 is 2.25 bits per heavy atom. The molecule has 0 bridgehead atoms. The lowest BCUT2D eigenvalue weighted by Gasteiger charge is -2.41. The van der Waals surface area contributed by atoms with Gasteiger partial charge in [-0.15, -0.1) is 0 Å². The number of carbonyl (C=O) groups is 1. The van der Waals surface area contributed by atoms with E-state index in [4.69, 9.17) is 9.47 Å². The van der Waals surface area contributed by atoms with Crippen LogP contribution >= 0.6 is 0 Å². The van der Waals surface area contributed by atoms with Gasteiger partial charge in [0.2, 0.25) is 5.91 Å². The van der Waals surface area contributed by atoms with Gasteiger partial charge in [0.1, 0.15) is 6.10 Å². The lowest BCUT2D eigenvalue weighted by atomic mass is 9.98. The van der Waals surface area contributed by atoms with Crippen LogP contribution in [0, 0.1) is 0 Å². The van der Waals surface area contributed by atoms with Crippen LogP contribution < -0.4 is 0 Å². The van der Waals surface area contributed by atoms with Crippen LogP contribution in [0.1, 0.15) is 26.7 Å². The molecule has 4 atom stereocenters. The number of aliphatic hydroxyl groups excluding tert-OH is 1. The number of nitrogens with zero attached hydrogens (tertiary/aromatic N) is 1. The van der Waals surface area contributed by atoms with Crippen molar-refractivity contribution in [3.05, 3.63) is 0 Å². The summed E-state index contributed by atoms with van der Waals surface area (Å²) in [6.45, 7) is 3.72. The van der Waals surface area contributed by atoms with Crippen LogP contribution in [0.25, 0.3) is 0 Å². The van der Waals surface area contributed by atoms with Gasteiger partial charge in [-0.3, -0.25) is 4.79 Å². The largest absolute Gasteiger partial charge is 0.386 e. The van der Waals surface area contributed by atoms with Gasteiger partial charge >= 0.3 is 0 Å². The van der Waals surface area contributed by atoms with Crippen LogP contribution in [0.15, 0.2) is 0 Å². The highest BCUT2D eigenvalue weighted by molar-refractivity contribution is 5.75. The molecule has 94 valence electrons. The van der Waals surface area contributed by atoms with Crippen molar-refractivity contribution in [3.8, 4) is 0 Å². The predicted molar refractivity (Wildman–Crippen MR) is 58.8 cm³/mol. The highest BCUT2D eigenvalue weighted by atomic mass is 16.7. The van der Waals surface area contributed by atoms with Crippen LogP contribution in [-0.2, 0) is 14.3 Å². The van der Waals surface area contributed by atoms with E-state index in [2.05, 4.69) is 0 Å². The molecule has 0 saturated carbocycles. The van der Waals surface area contributed by atoms with E-state index in [9.17, 15) is 9.90 Å². The van der Waals surface area contributed by atoms with Crippen LogP contribution in [0.2, 0.25) is 0 Å². The van der Waals surface area contributed by atoms with E-state index in [1.165, 1.54) is 7.11 Å². The van der Waals surface area contributed by atoms with Crippen molar-refractivity contribution in [1.82, 2.24) is 4.90 Å². The third-order valence-electron chi connectivity index (χ3n) is 3.04. The third-order valence-corrected chi connectivity index (χ3v) is 3.04. The second kappa shape index (κ2) is 5.61. The molecule has 0 aliphatic carbocycles. The molecule has 5 heteroatoms. The topological polar surface area (TPSA) is 59.0 Å². The standard InChI is InChI=1S/C11H21NO4/c1-5-9(13)12(3)8-6-7(2)16-11(15-4)10(8)14/h7-8,10-11,14H,5-6H2,1-4H3/t7-,8+,10-,11-/m1/s1. The number of hydrogen-bond donors (Lipinski definition) is 1. The van der Waals surface area contributed by atoms with Crippen LogP contribution in [0.5, 0.6) is 0 Å². The molecule has 0 spiro atoms. The zero-order valence-electron chi connectivity index (χ0n) is 10.3. The number of aliphatic hydroxyl groups is 1. The average Bonchev–Trinajstić information content (AvgIpc) is 2.29. The second-order valence-electron chi connectivity index (χ2n) is 4.20. The van der Waals surface area contributed by atoms with Crippen molar-refractivity contribution < 1.29 is 19.4 Å². The fourth-order valence-corrected chi connectivity index (χ4v) is 2.04. The van der Waals surface area contributed by atoms with Gasteiger partial charge in [-0.05, 0) is 13.3 Å². The highest BCUT2D eigenvalue weighted by Gasteiger charge is 2.39. The molecule has 16 heavy (non-hydrogen) atoms. The van der Waals surface area contributed by atoms with Gasteiger partial charge in [0.25, 0.3) is 0 Å². The minimum absolute atomic E-state index is 0.0213. The Kier molecular flexibility index (Phi) is 4.70. The summed E-state index contributed by atoms with van der Waals surface area (Å²) in [5, 5.41) is 10.0. The first-order valence-corrected chi connectivity index (χ1v) is 5.63. The van der Waals surface area contributed by atoms with Gasteiger partial charge in [0, 0.05) is 20.6 Å². The molecule has 0 radical (unpaired) electrons. The Bertz CT molecular complexity index is 246. The summed E-state index contributed by atoms with van der Waals surface area (Å²) < 4.78 is 10.5. The van der Waals surface area contributed by atoms with Crippen LogP contribution in [0.3, 0.4) is 0 Å². The lowest BCUT2D eigenvalue weighted by Crippen LogP contribution is -2.56. The van der Waals surface area contributed by atoms with Gasteiger partial charge < -0.3 is 19.5 Å². The van der Waals surface area contributed by atoms with E-state index in [0.717, 1.165) is 0 Å². The first-order chi connectivity index (χ1) is 7.51. The quantitative estimate of drug-likeness (QED) is 0.762.